The maximum atomic E-state index is 10.9. The second kappa shape index (κ2) is 3.86. The van der Waals surface area contributed by atoms with Crippen LogP contribution in [0.3, 0.4) is 0 Å². The molecule has 0 spiro atoms. The van der Waals surface area contributed by atoms with Gasteiger partial charge in [-0.25, -0.2) is 9.78 Å². The predicted octanol–water partition coefficient (Wildman–Crippen LogP) is 2.43. The van der Waals surface area contributed by atoms with E-state index in [0.717, 1.165) is 21.9 Å². The number of thiazole rings is 1. The molecule has 0 aliphatic heterocycles. The van der Waals surface area contributed by atoms with Gasteiger partial charge in [0, 0.05) is 6.54 Å². The van der Waals surface area contributed by atoms with E-state index in [1.54, 1.807) is 12.1 Å². The number of carbonyl (C=O) groups is 1. The quantitative estimate of drug-likeness (QED) is 0.837. The van der Waals surface area contributed by atoms with Gasteiger partial charge in [0.2, 0.25) is 0 Å². The summed E-state index contributed by atoms with van der Waals surface area (Å²) in [5, 5.41) is 12.8. The van der Waals surface area contributed by atoms with Crippen molar-refractivity contribution < 1.29 is 9.90 Å². The van der Waals surface area contributed by atoms with Crippen LogP contribution in [0.5, 0.6) is 0 Å². The molecular formula is C10H10N2O2S. The lowest BCUT2D eigenvalue weighted by atomic mass is 10.2. The van der Waals surface area contributed by atoms with Gasteiger partial charge in [0.05, 0.1) is 15.8 Å². The molecule has 0 bridgehead atoms. The minimum absolute atomic E-state index is 0.314. The molecule has 78 valence electrons. The van der Waals surface area contributed by atoms with Crippen LogP contribution in [0.15, 0.2) is 18.2 Å². The molecule has 2 rings (SSSR count). The summed E-state index contributed by atoms with van der Waals surface area (Å²) in [5.74, 6) is -0.910. The van der Waals surface area contributed by atoms with Crippen molar-refractivity contribution in [3.05, 3.63) is 23.8 Å². The molecule has 15 heavy (non-hydrogen) atoms. The zero-order valence-corrected chi connectivity index (χ0v) is 8.97. The third kappa shape index (κ3) is 1.78. The zero-order valence-electron chi connectivity index (χ0n) is 8.15. The summed E-state index contributed by atoms with van der Waals surface area (Å²) in [6.07, 6.45) is 0. The Morgan fingerprint density at radius 1 is 1.60 bits per heavy atom. The predicted molar refractivity (Wildman–Crippen MR) is 60.7 cm³/mol. The number of nitrogens with zero attached hydrogens (tertiary/aromatic N) is 1. The van der Waals surface area contributed by atoms with Crippen molar-refractivity contribution >= 4 is 32.7 Å². The van der Waals surface area contributed by atoms with Gasteiger partial charge < -0.3 is 10.4 Å². The highest BCUT2D eigenvalue weighted by Crippen LogP contribution is 2.28. The van der Waals surface area contributed by atoms with Gasteiger partial charge in [-0.05, 0) is 19.1 Å². The van der Waals surface area contributed by atoms with E-state index in [0.29, 0.717) is 5.56 Å². The first-order valence-corrected chi connectivity index (χ1v) is 5.40. The summed E-state index contributed by atoms with van der Waals surface area (Å²) in [5.41, 5.74) is 1.05. The smallest absolute Gasteiger partial charge is 0.337 e. The SMILES string of the molecule is CCNc1nc2cccc(C(=O)O)c2s1. The zero-order chi connectivity index (χ0) is 10.8. The molecule has 1 aromatic carbocycles. The standard InChI is InChI=1S/C10H10N2O2S/c1-2-11-10-12-7-5-3-4-6(9(13)14)8(7)15-10/h3-5H,2H2,1H3,(H,11,12)(H,13,14). The van der Waals surface area contributed by atoms with E-state index in [1.165, 1.54) is 11.3 Å². The van der Waals surface area contributed by atoms with Crippen LogP contribution >= 0.6 is 11.3 Å². The maximum absolute atomic E-state index is 10.9. The molecule has 0 aliphatic carbocycles. The van der Waals surface area contributed by atoms with E-state index in [9.17, 15) is 4.79 Å². The average Bonchev–Trinajstić information content (AvgIpc) is 2.59. The van der Waals surface area contributed by atoms with Crippen LogP contribution in [-0.2, 0) is 0 Å². The summed E-state index contributed by atoms with van der Waals surface area (Å²) < 4.78 is 0.723. The third-order valence-electron chi connectivity index (χ3n) is 1.97. The van der Waals surface area contributed by atoms with E-state index in [1.807, 2.05) is 13.0 Å². The molecule has 0 aliphatic rings. The first-order chi connectivity index (χ1) is 7.22. The van der Waals surface area contributed by atoms with E-state index in [4.69, 9.17) is 5.11 Å². The van der Waals surface area contributed by atoms with E-state index >= 15 is 0 Å². The fourth-order valence-electron chi connectivity index (χ4n) is 1.34. The largest absolute Gasteiger partial charge is 0.478 e. The second-order valence-electron chi connectivity index (χ2n) is 3.01. The Morgan fingerprint density at radius 3 is 3.07 bits per heavy atom. The fraction of sp³-hybridized carbons (Fsp3) is 0.200. The minimum Gasteiger partial charge on any atom is -0.478 e. The number of benzene rings is 1. The monoisotopic (exact) mass is 222 g/mol. The number of nitrogens with one attached hydrogen (secondary N) is 1. The number of hydrogen-bond donors (Lipinski definition) is 2. The summed E-state index contributed by atoms with van der Waals surface area (Å²) in [7, 11) is 0. The van der Waals surface area contributed by atoms with Crippen molar-refractivity contribution in [3.63, 3.8) is 0 Å². The van der Waals surface area contributed by atoms with E-state index < -0.39 is 5.97 Å². The van der Waals surface area contributed by atoms with Crippen LogP contribution in [0, 0.1) is 0 Å². The van der Waals surface area contributed by atoms with Crippen LogP contribution in [-0.4, -0.2) is 22.6 Å². The molecule has 1 aromatic heterocycles. The van der Waals surface area contributed by atoms with Gasteiger partial charge in [-0.3, -0.25) is 0 Å². The lowest BCUT2D eigenvalue weighted by Crippen LogP contribution is -1.95. The lowest BCUT2D eigenvalue weighted by molar-refractivity contribution is 0.0699. The Bertz CT molecular complexity index is 507. The van der Waals surface area contributed by atoms with Gasteiger partial charge in [-0.15, -0.1) is 0 Å². The number of aromatic nitrogens is 1. The molecule has 4 nitrogen and oxygen atoms in total. The Labute approximate surface area is 90.6 Å². The van der Waals surface area contributed by atoms with Crippen molar-refractivity contribution in [2.24, 2.45) is 0 Å². The first kappa shape index (κ1) is 9.92. The maximum Gasteiger partial charge on any atom is 0.337 e. The number of carboxylic acids is 1. The van der Waals surface area contributed by atoms with Crippen LogP contribution in [0.2, 0.25) is 0 Å². The average molecular weight is 222 g/mol. The summed E-state index contributed by atoms with van der Waals surface area (Å²) in [4.78, 5) is 15.2. The Hall–Kier alpha value is -1.62. The number of carboxylic acid groups (broad SMARTS) is 1. The molecule has 5 heteroatoms. The first-order valence-electron chi connectivity index (χ1n) is 4.59. The molecule has 0 unspecified atom stereocenters. The summed E-state index contributed by atoms with van der Waals surface area (Å²) in [6.45, 7) is 2.76. The molecule has 0 atom stereocenters. The van der Waals surface area contributed by atoms with Crippen molar-refractivity contribution in [3.8, 4) is 0 Å². The number of anilines is 1. The number of hydrogen-bond acceptors (Lipinski definition) is 4. The molecule has 0 saturated carbocycles. The van der Waals surface area contributed by atoms with Gasteiger partial charge in [0.15, 0.2) is 5.13 Å². The van der Waals surface area contributed by atoms with Crippen molar-refractivity contribution in [1.82, 2.24) is 4.98 Å². The molecular weight excluding hydrogens is 212 g/mol. The van der Waals surface area contributed by atoms with Crippen LogP contribution in [0.1, 0.15) is 17.3 Å². The normalized spacial score (nSPS) is 10.5. The van der Waals surface area contributed by atoms with Crippen LogP contribution < -0.4 is 5.32 Å². The molecule has 2 N–H and O–H groups in total. The van der Waals surface area contributed by atoms with Gasteiger partial charge in [-0.2, -0.15) is 0 Å². The Kier molecular flexibility index (Phi) is 2.55. The van der Waals surface area contributed by atoms with Gasteiger partial charge in [0.25, 0.3) is 0 Å². The van der Waals surface area contributed by atoms with E-state index in [2.05, 4.69) is 10.3 Å². The van der Waals surface area contributed by atoms with Crippen LogP contribution in [0.4, 0.5) is 5.13 Å². The third-order valence-corrected chi connectivity index (χ3v) is 3.04. The minimum atomic E-state index is -0.910. The molecule has 0 saturated heterocycles. The Balaban J connectivity index is 2.59. The van der Waals surface area contributed by atoms with Crippen LogP contribution in [0.25, 0.3) is 10.2 Å². The van der Waals surface area contributed by atoms with Crippen molar-refractivity contribution in [2.45, 2.75) is 6.92 Å². The highest BCUT2D eigenvalue weighted by atomic mass is 32.1. The summed E-state index contributed by atoms with van der Waals surface area (Å²) >= 11 is 1.37. The van der Waals surface area contributed by atoms with Crippen molar-refractivity contribution in [1.29, 1.82) is 0 Å². The highest BCUT2D eigenvalue weighted by Gasteiger charge is 2.11. The highest BCUT2D eigenvalue weighted by molar-refractivity contribution is 7.22. The lowest BCUT2D eigenvalue weighted by Gasteiger charge is -1.93. The molecule has 2 aromatic rings. The van der Waals surface area contributed by atoms with Gasteiger partial charge in [0.1, 0.15) is 0 Å². The fourth-order valence-corrected chi connectivity index (χ4v) is 2.38. The Morgan fingerprint density at radius 2 is 2.40 bits per heavy atom. The molecule has 0 radical (unpaired) electrons. The topological polar surface area (TPSA) is 62.2 Å². The number of fused-ring (bicyclic) bond motifs is 1. The van der Waals surface area contributed by atoms with E-state index in [-0.39, 0.29) is 0 Å². The number of aromatic carboxylic acids is 1. The van der Waals surface area contributed by atoms with Gasteiger partial charge in [-0.1, -0.05) is 17.4 Å². The summed E-state index contributed by atoms with van der Waals surface area (Å²) in [6, 6.07) is 5.12. The molecule has 0 amide bonds. The molecule has 1 heterocycles. The number of rotatable bonds is 3. The van der Waals surface area contributed by atoms with Crippen molar-refractivity contribution in [2.75, 3.05) is 11.9 Å². The molecule has 0 fully saturated rings. The van der Waals surface area contributed by atoms with Gasteiger partial charge >= 0.3 is 5.97 Å². The second-order valence-corrected chi connectivity index (χ2v) is 4.01.